The average Bonchev–Trinajstić information content (AvgIpc) is 2.31. The van der Waals surface area contributed by atoms with Crippen LogP contribution in [0.5, 0.6) is 11.5 Å². The molecule has 0 heterocycles. The summed E-state index contributed by atoms with van der Waals surface area (Å²) in [4.78, 5) is 0. The van der Waals surface area contributed by atoms with Gasteiger partial charge in [0.15, 0.2) is 11.5 Å². The van der Waals surface area contributed by atoms with Crippen molar-refractivity contribution in [2.45, 2.75) is 6.92 Å². The van der Waals surface area contributed by atoms with Crippen LogP contribution < -0.4 is 14.8 Å². The zero-order valence-electron chi connectivity index (χ0n) is 10.3. The van der Waals surface area contributed by atoms with Gasteiger partial charge in [0.05, 0.1) is 6.61 Å². The first-order valence-corrected chi connectivity index (χ1v) is 5.52. The molecule has 1 aromatic rings. The maximum Gasteiger partial charge on any atom is 0.161 e. The van der Waals surface area contributed by atoms with Crippen molar-refractivity contribution in [1.29, 1.82) is 0 Å². The third kappa shape index (κ3) is 6.19. The van der Waals surface area contributed by atoms with Gasteiger partial charge < -0.3 is 14.8 Å². The standard InChI is InChI=1S/C13H19NO2.ClH/c1-3-15-12-8-4-5-9-13(12)16-11-7-6-10-14-2;/h4-9,14H,3,10-11H2,1-2H3;1H. The predicted molar refractivity (Wildman–Crippen MR) is 73.4 cm³/mol. The fourth-order valence-electron chi connectivity index (χ4n) is 1.25. The molecule has 0 aromatic heterocycles. The smallest absolute Gasteiger partial charge is 0.161 e. The maximum atomic E-state index is 5.60. The molecule has 4 heteroatoms. The highest BCUT2D eigenvalue weighted by molar-refractivity contribution is 5.85. The van der Waals surface area contributed by atoms with Crippen molar-refractivity contribution in [1.82, 2.24) is 5.32 Å². The van der Waals surface area contributed by atoms with E-state index in [1.54, 1.807) is 0 Å². The van der Waals surface area contributed by atoms with Gasteiger partial charge in [-0.3, -0.25) is 0 Å². The number of benzene rings is 1. The Morgan fingerprint density at radius 1 is 1.12 bits per heavy atom. The van der Waals surface area contributed by atoms with Gasteiger partial charge in [0.1, 0.15) is 6.61 Å². The molecule has 0 aliphatic rings. The van der Waals surface area contributed by atoms with Crippen LogP contribution in [0.1, 0.15) is 6.92 Å². The Kier molecular flexibility index (Phi) is 9.30. The molecule has 0 spiro atoms. The van der Waals surface area contributed by atoms with Crippen molar-refractivity contribution in [3.8, 4) is 11.5 Å². The summed E-state index contributed by atoms with van der Waals surface area (Å²) in [6.45, 7) is 4.03. The number of likely N-dealkylation sites (N-methyl/N-ethyl adjacent to an activating group) is 1. The van der Waals surface area contributed by atoms with Gasteiger partial charge in [0, 0.05) is 6.54 Å². The van der Waals surface area contributed by atoms with E-state index < -0.39 is 0 Å². The van der Waals surface area contributed by atoms with Crippen molar-refractivity contribution in [3.63, 3.8) is 0 Å². The van der Waals surface area contributed by atoms with Gasteiger partial charge in [-0.1, -0.05) is 24.3 Å². The highest BCUT2D eigenvalue weighted by atomic mass is 35.5. The second-order valence-electron chi connectivity index (χ2n) is 3.22. The van der Waals surface area contributed by atoms with E-state index >= 15 is 0 Å². The number of para-hydroxylation sites is 2. The third-order valence-corrected chi connectivity index (χ3v) is 1.97. The summed E-state index contributed by atoms with van der Waals surface area (Å²) in [5.41, 5.74) is 0. The van der Waals surface area contributed by atoms with Gasteiger partial charge >= 0.3 is 0 Å². The molecule has 0 bridgehead atoms. The quantitative estimate of drug-likeness (QED) is 0.762. The molecule has 0 radical (unpaired) electrons. The molecule has 0 amide bonds. The van der Waals surface area contributed by atoms with Crippen molar-refractivity contribution in [2.24, 2.45) is 0 Å². The number of hydrogen-bond donors (Lipinski definition) is 1. The summed E-state index contributed by atoms with van der Waals surface area (Å²) in [5, 5.41) is 3.03. The molecule has 1 aromatic carbocycles. The van der Waals surface area contributed by atoms with Crippen LogP contribution in [0, 0.1) is 0 Å². The first-order valence-electron chi connectivity index (χ1n) is 5.52. The molecule has 0 saturated heterocycles. The minimum absolute atomic E-state index is 0. The predicted octanol–water partition coefficient (Wildman–Crippen LogP) is 2.66. The van der Waals surface area contributed by atoms with Gasteiger partial charge in [-0.2, -0.15) is 0 Å². The molecule has 1 N–H and O–H groups in total. The lowest BCUT2D eigenvalue weighted by atomic mass is 10.3. The van der Waals surface area contributed by atoms with Gasteiger partial charge in [-0.15, -0.1) is 12.4 Å². The van der Waals surface area contributed by atoms with Gasteiger partial charge in [0.25, 0.3) is 0 Å². The third-order valence-electron chi connectivity index (χ3n) is 1.97. The van der Waals surface area contributed by atoms with E-state index in [0.29, 0.717) is 13.2 Å². The van der Waals surface area contributed by atoms with Gasteiger partial charge in [-0.25, -0.2) is 0 Å². The van der Waals surface area contributed by atoms with E-state index in [0.717, 1.165) is 18.0 Å². The minimum atomic E-state index is 0. The molecular formula is C13H20ClNO2. The lowest BCUT2D eigenvalue weighted by Gasteiger charge is -2.09. The Morgan fingerprint density at radius 3 is 2.35 bits per heavy atom. The molecule has 96 valence electrons. The Labute approximate surface area is 109 Å². The van der Waals surface area contributed by atoms with Crippen LogP contribution in [0.3, 0.4) is 0 Å². The zero-order chi connectivity index (χ0) is 11.6. The number of hydrogen-bond acceptors (Lipinski definition) is 3. The second kappa shape index (κ2) is 10.00. The first kappa shape index (κ1) is 15.8. The Balaban J connectivity index is 0.00000256. The van der Waals surface area contributed by atoms with Crippen LogP contribution in [0.2, 0.25) is 0 Å². The van der Waals surface area contributed by atoms with E-state index in [4.69, 9.17) is 9.47 Å². The molecular weight excluding hydrogens is 238 g/mol. The molecule has 0 saturated carbocycles. The lowest BCUT2D eigenvalue weighted by molar-refractivity contribution is 0.296. The summed E-state index contributed by atoms with van der Waals surface area (Å²) in [6.07, 6.45) is 4.02. The summed E-state index contributed by atoms with van der Waals surface area (Å²) in [5.74, 6) is 1.59. The number of nitrogens with one attached hydrogen (secondary N) is 1. The van der Waals surface area contributed by atoms with Crippen LogP contribution in [-0.2, 0) is 0 Å². The SMILES string of the molecule is CCOc1ccccc1OCC=CCNC.Cl. The average molecular weight is 258 g/mol. The largest absolute Gasteiger partial charge is 0.490 e. The van der Waals surface area contributed by atoms with Gasteiger partial charge in [-0.05, 0) is 26.1 Å². The van der Waals surface area contributed by atoms with Crippen LogP contribution in [0.25, 0.3) is 0 Å². The molecule has 0 atom stereocenters. The number of ether oxygens (including phenoxy) is 2. The molecule has 0 aliphatic carbocycles. The summed E-state index contributed by atoms with van der Waals surface area (Å²) >= 11 is 0. The van der Waals surface area contributed by atoms with Crippen LogP contribution in [0.4, 0.5) is 0 Å². The Hall–Kier alpha value is -1.19. The van der Waals surface area contributed by atoms with E-state index in [2.05, 4.69) is 5.32 Å². The highest BCUT2D eigenvalue weighted by Gasteiger charge is 2.01. The minimum Gasteiger partial charge on any atom is -0.490 e. The summed E-state index contributed by atoms with van der Waals surface area (Å²) < 4.78 is 11.1. The van der Waals surface area contributed by atoms with Crippen LogP contribution in [0.15, 0.2) is 36.4 Å². The molecule has 0 unspecified atom stereocenters. The first-order chi connectivity index (χ1) is 7.88. The second-order valence-corrected chi connectivity index (χ2v) is 3.22. The molecule has 1 rings (SSSR count). The van der Waals surface area contributed by atoms with Crippen molar-refractivity contribution in [2.75, 3.05) is 26.8 Å². The zero-order valence-corrected chi connectivity index (χ0v) is 11.1. The Bertz CT molecular complexity index is 329. The molecule has 17 heavy (non-hydrogen) atoms. The van der Waals surface area contributed by atoms with E-state index in [1.807, 2.05) is 50.4 Å². The van der Waals surface area contributed by atoms with E-state index in [9.17, 15) is 0 Å². The van der Waals surface area contributed by atoms with Crippen molar-refractivity contribution in [3.05, 3.63) is 36.4 Å². The van der Waals surface area contributed by atoms with E-state index in [1.165, 1.54) is 0 Å². The number of rotatable bonds is 7. The van der Waals surface area contributed by atoms with Gasteiger partial charge in [0.2, 0.25) is 0 Å². The highest BCUT2D eigenvalue weighted by Crippen LogP contribution is 2.26. The van der Waals surface area contributed by atoms with Crippen LogP contribution >= 0.6 is 12.4 Å². The lowest BCUT2D eigenvalue weighted by Crippen LogP contribution is -2.05. The molecule has 3 nitrogen and oxygen atoms in total. The van der Waals surface area contributed by atoms with Crippen LogP contribution in [-0.4, -0.2) is 26.8 Å². The maximum absolute atomic E-state index is 5.60. The fourth-order valence-corrected chi connectivity index (χ4v) is 1.25. The molecule has 0 fully saturated rings. The van der Waals surface area contributed by atoms with Crippen molar-refractivity contribution >= 4 is 12.4 Å². The summed E-state index contributed by atoms with van der Waals surface area (Å²) in [7, 11) is 1.91. The normalized spacial score (nSPS) is 10.0. The van der Waals surface area contributed by atoms with Crippen molar-refractivity contribution < 1.29 is 9.47 Å². The molecule has 0 aliphatic heterocycles. The monoisotopic (exact) mass is 257 g/mol. The van der Waals surface area contributed by atoms with E-state index in [-0.39, 0.29) is 12.4 Å². The topological polar surface area (TPSA) is 30.5 Å². The summed E-state index contributed by atoms with van der Waals surface area (Å²) in [6, 6.07) is 7.71. The fraction of sp³-hybridized carbons (Fsp3) is 0.385. The Morgan fingerprint density at radius 2 is 1.76 bits per heavy atom. The number of halogens is 1.